The Kier molecular flexibility index (Phi) is 6.09. The van der Waals surface area contributed by atoms with Crippen molar-refractivity contribution in [2.45, 2.75) is 19.3 Å². The number of carbonyl (C=O) groups is 1. The third kappa shape index (κ3) is 4.63. The SMILES string of the molecule is Cl.O=C(CC1CCNCC1)Nc1ccc(F)cc1. The Morgan fingerprint density at radius 1 is 1.28 bits per heavy atom. The largest absolute Gasteiger partial charge is 0.326 e. The van der Waals surface area contributed by atoms with E-state index in [1.165, 1.54) is 12.1 Å². The fourth-order valence-electron chi connectivity index (χ4n) is 2.09. The molecule has 0 unspecified atom stereocenters. The summed E-state index contributed by atoms with van der Waals surface area (Å²) in [4.78, 5) is 11.7. The van der Waals surface area contributed by atoms with Gasteiger partial charge in [0.1, 0.15) is 5.82 Å². The van der Waals surface area contributed by atoms with Crippen molar-refractivity contribution in [3.63, 3.8) is 0 Å². The second-order valence-corrected chi connectivity index (χ2v) is 4.45. The fraction of sp³-hybridized carbons (Fsp3) is 0.462. The Morgan fingerprint density at radius 2 is 1.89 bits per heavy atom. The van der Waals surface area contributed by atoms with Crippen LogP contribution in [0.15, 0.2) is 24.3 Å². The molecule has 0 saturated carbocycles. The van der Waals surface area contributed by atoms with E-state index in [0.717, 1.165) is 25.9 Å². The number of hydrogen-bond donors (Lipinski definition) is 2. The van der Waals surface area contributed by atoms with Gasteiger partial charge in [-0.05, 0) is 56.1 Å². The lowest BCUT2D eigenvalue weighted by Gasteiger charge is -2.21. The molecular weight excluding hydrogens is 255 g/mol. The van der Waals surface area contributed by atoms with Crippen LogP contribution in [0.5, 0.6) is 0 Å². The van der Waals surface area contributed by atoms with Crippen molar-refractivity contribution in [1.82, 2.24) is 5.32 Å². The van der Waals surface area contributed by atoms with Crippen LogP contribution < -0.4 is 10.6 Å². The molecule has 1 aliphatic heterocycles. The summed E-state index contributed by atoms with van der Waals surface area (Å²) in [5.41, 5.74) is 0.658. The minimum absolute atomic E-state index is 0. The summed E-state index contributed by atoms with van der Waals surface area (Å²) in [6.07, 6.45) is 2.66. The Hall–Kier alpha value is -1.13. The number of nitrogens with one attached hydrogen (secondary N) is 2. The fourth-order valence-corrected chi connectivity index (χ4v) is 2.09. The van der Waals surface area contributed by atoms with Gasteiger partial charge in [0.25, 0.3) is 0 Å². The van der Waals surface area contributed by atoms with Crippen molar-refractivity contribution < 1.29 is 9.18 Å². The van der Waals surface area contributed by atoms with Gasteiger partial charge in [-0.25, -0.2) is 4.39 Å². The number of amides is 1. The maximum atomic E-state index is 12.7. The van der Waals surface area contributed by atoms with Crippen LogP contribution in [0.25, 0.3) is 0 Å². The van der Waals surface area contributed by atoms with E-state index in [9.17, 15) is 9.18 Å². The van der Waals surface area contributed by atoms with Gasteiger partial charge in [0.05, 0.1) is 0 Å². The van der Waals surface area contributed by atoms with Gasteiger partial charge >= 0.3 is 0 Å². The maximum absolute atomic E-state index is 12.7. The highest BCUT2D eigenvalue weighted by Gasteiger charge is 2.16. The van der Waals surface area contributed by atoms with Crippen molar-refractivity contribution in [1.29, 1.82) is 0 Å². The van der Waals surface area contributed by atoms with E-state index < -0.39 is 0 Å². The van der Waals surface area contributed by atoms with Crippen LogP contribution in [0.2, 0.25) is 0 Å². The molecule has 0 radical (unpaired) electrons. The van der Waals surface area contributed by atoms with Crippen LogP contribution in [-0.4, -0.2) is 19.0 Å². The van der Waals surface area contributed by atoms with Crippen LogP contribution >= 0.6 is 12.4 Å². The molecule has 1 saturated heterocycles. The van der Waals surface area contributed by atoms with Crippen molar-refractivity contribution in [3.05, 3.63) is 30.1 Å². The lowest BCUT2D eigenvalue weighted by atomic mass is 9.94. The Labute approximate surface area is 113 Å². The van der Waals surface area contributed by atoms with Gasteiger partial charge in [-0.1, -0.05) is 0 Å². The van der Waals surface area contributed by atoms with E-state index in [2.05, 4.69) is 10.6 Å². The van der Waals surface area contributed by atoms with Crippen LogP contribution in [0.1, 0.15) is 19.3 Å². The minimum Gasteiger partial charge on any atom is -0.326 e. The molecule has 1 amide bonds. The number of halogens is 2. The second-order valence-electron chi connectivity index (χ2n) is 4.45. The van der Waals surface area contributed by atoms with Crippen LogP contribution in [-0.2, 0) is 4.79 Å². The topological polar surface area (TPSA) is 41.1 Å². The molecule has 5 heteroatoms. The number of benzene rings is 1. The molecule has 0 spiro atoms. The highest BCUT2D eigenvalue weighted by molar-refractivity contribution is 5.90. The molecule has 2 N–H and O–H groups in total. The average Bonchev–Trinajstić information content (AvgIpc) is 2.33. The molecule has 100 valence electrons. The molecule has 0 aliphatic carbocycles. The monoisotopic (exact) mass is 272 g/mol. The predicted octanol–water partition coefficient (Wildman–Crippen LogP) is 2.58. The standard InChI is InChI=1S/C13H17FN2O.ClH/c14-11-1-3-12(4-2-11)16-13(17)9-10-5-7-15-8-6-10;/h1-4,10,15H,5-9H2,(H,16,17);1H. The number of carbonyl (C=O) groups excluding carboxylic acids is 1. The van der Waals surface area contributed by atoms with E-state index >= 15 is 0 Å². The van der Waals surface area contributed by atoms with Crippen LogP contribution in [0.3, 0.4) is 0 Å². The van der Waals surface area contributed by atoms with Gasteiger partial charge in [-0.15, -0.1) is 12.4 Å². The van der Waals surface area contributed by atoms with E-state index in [4.69, 9.17) is 0 Å². The van der Waals surface area contributed by atoms with Crippen molar-refractivity contribution in [2.24, 2.45) is 5.92 Å². The number of piperidine rings is 1. The minimum atomic E-state index is -0.290. The summed E-state index contributed by atoms with van der Waals surface area (Å²) < 4.78 is 12.7. The summed E-state index contributed by atoms with van der Waals surface area (Å²) in [5, 5.41) is 6.06. The smallest absolute Gasteiger partial charge is 0.224 e. The van der Waals surface area contributed by atoms with E-state index in [-0.39, 0.29) is 24.1 Å². The molecule has 0 aromatic heterocycles. The molecule has 18 heavy (non-hydrogen) atoms. The first-order valence-corrected chi connectivity index (χ1v) is 6.00. The first-order valence-electron chi connectivity index (χ1n) is 6.00. The first kappa shape index (κ1) is 14.9. The molecule has 2 rings (SSSR count). The highest BCUT2D eigenvalue weighted by Crippen LogP contribution is 2.17. The summed E-state index contributed by atoms with van der Waals surface area (Å²) in [6, 6.07) is 5.85. The number of anilines is 1. The molecule has 1 aromatic rings. The molecular formula is C13H18ClFN2O. The molecule has 1 aliphatic rings. The second kappa shape index (κ2) is 7.34. The third-order valence-corrected chi connectivity index (χ3v) is 3.06. The lowest BCUT2D eigenvalue weighted by Crippen LogP contribution is -2.30. The lowest BCUT2D eigenvalue weighted by molar-refractivity contribution is -0.117. The van der Waals surface area contributed by atoms with Gasteiger partial charge in [0, 0.05) is 12.1 Å². The first-order chi connectivity index (χ1) is 8.24. The maximum Gasteiger partial charge on any atom is 0.224 e. The summed E-state index contributed by atoms with van der Waals surface area (Å²) in [5.74, 6) is 0.196. The van der Waals surface area contributed by atoms with E-state index in [1.807, 2.05) is 0 Å². The Balaban J connectivity index is 0.00000162. The quantitative estimate of drug-likeness (QED) is 0.888. The van der Waals surface area contributed by atoms with Crippen LogP contribution in [0.4, 0.5) is 10.1 Å². The van der Waals surface area contributed by atoms with E-state index in [1.54, 1.807) is 12.1 Å². The molecule has 1 heterocycles. The van der Waals surface area contributed by atoms with Gasteiger partial charge in [-0.2, -0.15) is 0 Å². The Morgan fingerprint density at radius 3 is 2.50 bits per heavy atom. The zero-order valence-corrected chi connectivity index (χ0v) is 10.9. The Bertz CT molecular complexity index is 377. The molecule has 0 bridgehead atoms. The third-order valence-electron chi connectivity index (χ3n) is 3.06. The molecule has 1 fully saturated rings. The van der Waals surface area contributed by atoms with Crippen molar-refractivity contribution >= 4 is 24.0 Å². The van der Waals surface area contributed by atoms with Gasteiger partial charge in [-0.3, -0.25) is 4.79 Å². The molecule has 3 nitrogen and oxygen atoms in total. The normalized spacial score (nSPS) is 15.8. The van der Waals surface area contributed by atoms with Gasteiger partial charge in [0.2, 0.25) is 5.91 Å². The van der Waals surface area contributed by atoms with Gasteiger partial charge < -0.3 is 10.6 Å². The number of hydrogen-bond acceptors (Lipinski definition) is 2. The molecule has 0 atom stereocenters. The van der Waals surface area contributed by atoms with Gasteiger partial charge in [0.15, 0.2) is 0 Å². The van der Waals surface area contributed by atoms with Crippen LogP contribution in [0, 0.1) is 11.7 Å². The highest BCUT2D eigenvalue weighted by atomic mass is 35.5. The predicted molar refractivity (Wildman–Crippen MR) is 72.5 cm³/mol. The summed E-state index contributed by atoms with van der Waals surface area (Å²) in [7, 11) is 0. The van der Waals surface area contributed by atoms with Crippen molar-refractivity contribution in [2.75, 3.05) is 18.4 Å². The zero-order valence-electron chi connectivity index (χ0n) is 10.1. The van der Waals surface area contributed by atoms with Crippen molar-refractivity contribution in [3.8, 4) is 0 Å². The number of rotatable bonds is 3. The zero-order chi connectivity index (χ0) is 12.1. The van der Waals surface area contributed by atoms with E-state index in [0.29, 0.717) is 18.0 Å². The molecule has 1 aromatic carbocycles. The summed E-state index contributed by atoms with van der Waals surface area (Å²) >= 11 is 0. The summed E-state index contributed by atoms with van der Waals surface area (Å²) in [6.45, 7) is 1.99. The average molecular weight is 273 g/mol.